The minimum atomic E-state index is 0.584. The number of benzene rings is 1. The SMILES string of the molecule is c1ccc(-c2cn(C[C@H]3CCOC3)nn2)cc1. The molecule has 0 saturated carbocycles. The summed E-state index contributed by atoms with van der Waals surface area (Å²) in [6.07, 6.45) is 3.13. The maximum Gasteiger partial charge on any atom is 0.113 e. The van der Waals surface area contributed by atoms with Crippen LogP contribution < -0.4 is 0 Å². The van der Waals surface area contributed by atoms with E-state index in [1.807, 2.05) is 41.2 Å². The summed E-state index contributed by atoms with van der Waals surface area (Å²) >= 11 is 0. The quantitative estimate of drug-likeness (QED) is 0.808. The Morgan fingerprint density at radius 1 is 1.29 bits per heavy atom. The van der Waals surface area contributed by atoms with Crippen LogP contribution >= 0.6 is 0 Å². The van der Waals surface area contributed by atoms with Crippen LogP contribution in [0.25, 0.3) is 11.3 Å². The first-order chi connectivity index (χ1) is 8.42. The first-order valence-electron chi connectivity index (χ1n) is 5.95. The lowest BCUT2D eigenvalue weighted by molar-refractivity contribution is 0.181. The number of rotatable bonds is 3. The van der Waals surface area contributed by atoms with Gasteiger partial charge in [0.05, 0.1) is 12.8 Å². The van der Waals surface area contributed by atoms with Crippen molar-refractivity contribution in [2.45, 2.75) is 13.0 Å². The predicted molar refractivity (Wildman–Crippen MR) is 64.4 cm³/mol. The molecule has 0 N–H and O–H groups in total. The molecule has 2 heterocycles. The average Bonchev–Trinajstić information content (AvgIpc) is 3.02. The highest BCUT2D eigenvalue weighted by Gasteiger charge is 2.16. The fourth-order valence-electron chi connectivity index (χ4n) is 2.12. The van der Waals surface area contributed by atoms with Gasteiger partial charge in [0.1, 0.15) is 5.69 Å². The van der Waals surface area contributed by atoms with Crippen LogP contribution in [0.3, 0.4) is 0 Å². The summed E-state index contributed by atoms with van der Waals surface area (Å²) < 4.78 is 7.28. The molecule has 0 radical (unpaired) electrons. The van der Waals surface area contributed by atoms with E-state index < -0.39 is 0 Å². The van der Waals surface area contributed by atoms with Gasteiger partial charge in [0, 0.05) is 24.6 Å². The largest absolute Gasteiger partial charge is 0.381 e. The fourth-order valence-corrected chi connectivity index (χ4v) is 2.12. The van der Waals surface area contributed by atoms with Crippen molar-refractivity contribution in [3.8, 4) is 11.3 Å². The summed E-state index contributed by atoms with van der Waals surface area (Å²) in [5, 5.41) is 8.37. The Kier molecular flexibility index (Phi) is 2.88. The van der Waals surface area contributed by atoms with E-state index in [9.17, 15) is 0 Å². The normalized spacial score (nSPS) is 19.6. The molecule has 0 unspecified atom stereocenters. The molecule has 0 aliphatic carbocycles. The summed E-state index contributed by atoms with van der Waals surface area (Å²) in [4.78, 5) is 0. The van der Waals surface area contributed by atoms with Gasteiger partial charge in [0.2, 0.25) is 0 Å². The molecule has 4 heteroatoms. The molecule has 17 heavy (non-hydrogen) atoms. The van der Waals surface area contributed by atoms with E-state index >= 15 is 0 Å². The Labute approximate surface area is 100 Å². The summed E-state index contributed by atoms with van der Waals surface area (Å²) in [7, 11) is 0. The zero-order valence-corrected chi connectivity index (χ0v) is 9.62. The molecular formula is C13H15N3O. The van der Waals surface area contributed by atoms with E-state index in [0.29, 0.717) is 5.92 Å². The van der Waals surface area contributed by atoms with Crippen LogP contribution in [0, 0.1) is 5.92 Å². The van der Waals surface area contributed by atoms with Crippen molar-refractivity contribution in [3.05, 3.63) is 36.5 Å². The van der Waals surface area contributed by atoms with Gasteiger partial charge in [0.15, 0.2) is 0 Å². The van der Waals surface area contributed by atoms with Crippen LogP contribution in [0.5, 0.6) is 0 Å². The standard InChI is InChI=1S/C13H15N3O/c1-2-4-12(5-3-1)13-9-16(15-14-13)8-11-6-7-17-10-11/h1-5,9,11H,6-8,10H2/t11-/m1/s1. The highest BCUT2D eigenvalue weighted by atomic mass is 16.5. The highest BCUT2D eigenvalue weighted by molar-refractivity contribution is 5.57. The van der Waals surface area contributed by atoms with Crippen molar-refractivity contribution in [1.82, 2.24) is 15.0 Å². The van der Waals surface area contributed by atoms with Gasteiger partial charge in [-0.05, 0) is 6.42 Å². The van der Waals surface area contributed by atoms with E-state index in [1.165, 1.54) is 0 Å². The van der Waals surface area contributed by atoms with Gasteiger partial charge in [-0.25, -0.2) is 0 Å². The van der Waals surface area contributed by atoms with Crippen molar-refractivity contribution in [2.75, 3.05) is 13.2 Å². The highest BCUT2D eigenvalue weighted by Crippen LogP contribution is 2.17. The Bertz CT molecular complexity index is 474. The van der Waals surface area contributed by atoms with Crippen LogP contribution in [-0.2, 0) is 11.3 Å². The third kappa shape index (κ3) is 2.36. The van der Waals surface area contributed by atoms with Gasteiger partial charge in [-0.3, -0.25) is 4.68 Å². The lowest BCUT2D eigenvalue weighted by Gasteiger charge is -2.05. The molecular weight excluding hydrogens is 214 g/mol. The number of hydrogen-bond acceptors (Lipinski definition) is 3. The molecule has 0 bridgehead atoms. The lowest BCUT2D eigenvalue weighted by Crippen LogP contribution is -2.10. The van der Waals surface area contributed by atoms with E-state index in [4.69, 9.17) is 4.74 Å². The van der Waals surface area contributed by atoms with Crippen LogP contribution in [0.4, 0.5) is 0 Å². The van der Waals surface area contributed by atoms with Gasteiger partial charge >= 0.3 is 0 Å². The fraction of sp³-hybridized carbons (Fsp3) is 0.385. The predicted octanol–water partition coefficient (Wildman–Crippen LogP) is 1.98. The van der Waals surface area contributed by atoms with Crippen LogP contribution in [0.1, 0.15) is 6.42 Å². The number of ether oxygens (including phenoxy) is 1. The van der Waals surface area contributed by atoms with Gasteiger partial charge in [-0.2, -0.15) is 0 Å². The third-order valence-corrected chi connectivity index (χ3v) is 3.08. The second-order valence-corrected chi connectivity index (χ2v) is 4.42. The van der Waals surface area contributed by atoms with Crippen molar-refractivity contribution >= 4 is 0 Å². The maximum absolute atomic E-state index is 5.36. The van der Waals surface area contributed by atoms with Crippen LogP contribution in [-0.4, -0.2) is 28.2 Å². The third-order valence-electron chi connectivity index (χ3n) is 3.08. The molecule has 0 amide bonds. The molecule has 4 nitrogen and oxygen atoms in total. The molecule has 1 aromatic heterocycles. The molecule has 3 rings (SSSR count). The summed E-state index contributed by atoms with van der Waals surface area (Å²) in [5.41, 5.74) is 2.05. The summed E-state index contributed by atoms with van der Waals surface area (Å²) in [5.74, 6) is 0.584. The Morgan fingerprint density at radius 3 is 2.94 bits per heavy atom. The summed E-state index contributed by atoms with van der Waals surface area (Å²) in [6.45, 7) is 2.63. The smallest absolute Gasteiger partial charge is 0.113 e. The zero-order valence-electron chi connectivity index (χ0n) is 9.62. The number of nitrogens with zero attached hydrogens (tertiary/aromatic N) is 3. The number of hydrogen-bond donors (Lipinski definition) is 0. The van der Waals surface area contributed by atoms with Crippen molar-refractivity contribution in [1.29, 1.82) is 0 Å². The average molecular weight is 229 g/mol. The van der Waals surface area contributed by atoms with E-state index in [2.05, 4.69) is 10.3 Å². The molecule has 1 aliphatic heterocycles. The van der Waals surface area contributed by atoms with Crippen molar-refractivity contribution < 1.29 is 4.74 Å². The van der Waals surface area contributed by atoms with Crippen LogP contribution in [0.2, 0.25) is 0 Å². The molecule has 0 spiro atoms. The lowest BCUT2D eigenvalue weighted by atomic mass is 10.1. The number of aromatic nitrogens is 3. The minimum absolute atomic E-state index is 0.584. The minimum Gasteiger partial charge on any atom is -0.381 e. The Hall–Kier alpha value is -1.68. The van der Waals surface area contributed by atoms with E-state index in [-0.39, 0.29) is 0 Å². The first-order valence-corrected chi connectivity index (χ1v) is 5.95. The Morgan fingerprint density at radius 2 is 2.18 bits per heavy atom. The molecule has 1 saturated heterocycles. The van der Waals surface area contributed by atoms with Gasteiger partial charge in [0.25, 0.3) is 0 Å². The molecule has 1 aliphatic rings. The van der Waals surface area contributed by atoms with Crippen LogP contribution in [0.15, 0.2) is 36.5 Å². The Balaban J connectivity index is 1.74. The van der Waals surface area contributed by atoms with Gasteiger partial charge in [-0.1, -0.05) is 35.5 Å². The second kappa shape index (κ2) is 4.67. The molecule has 1 fully saturated rings. The molecule has 2 aromatic rings. The molecule has 88 valence electrons. The first kappa shape index (κ1) is 10.5. The van der Waals surface area contributed by atoms with E-state index in [0.717, 1.165) is 37.4 Å². The monoisotopic (exact) mass is 229 g/mol. The topological polar surface area (TPSA) is 39.9 Å². The summed E-state index contributed by atoms with van der Waals surface area (Å²) in [6, 6.07) is 10.1. The zero-order chi connectivity index (χ0) is 11.5. The maximum atomic E-state index is 5.36. The van der Waals surface area contributed by atoms with Gasteiger partial charge in [-0.15, -0.1) is 5.10 Å². The molecule has 1 aromatic carbocycles. The van der Waals surface area contributed by atoms with Gasteiger partial charge < -0.3 is 4.74 Å². The second-order valence-electron chi connectivity index (χ2n) is 4.42. The van der Waals surface area contributed by atoms with Crippen molar-refractivity contribution in [2.24, 2.45) is 5.92 Å². The van der Waals surface area contributed by atoms with Crippen molar-refractivity contribution in [3.63, 3.8) is 0 Å². The molecule has 1 atom stereocenters. The van der Waals surface area contributed by atoms with E-state index in [1.54, 1.807) is 0 Å².